The zero-order valence-electron chi connectivity index (χ0n) is 18.9. The summed E-state index contributed by atoms with van der Waals surface area (Å²) in [5, 5.41) is 6.68. The van der Waals surface area contributed by atoms with Gasteiger partial charge < -0.3 is 8.83 Å². The normalized spacial score (nSPS) is 12.4. The van der Waals surface area contributed by atoms with E-state index < -0.39 is 0 Å². The van der Waals surface area contributed by atoms with Crippen LogP contribution in [0.5, 0.6) is 0 Å². The summed E-state index contributed by atoms with van der Waals surface area (Å²) in [5.41, 5.74) is 10.1. The smallest absolute Gasteiger partial charge is 0.229 e. The first-order valence-electron chi connectivity index (χ1n) is 12.0. The van der Waals surface area contributed by atoms with Gasteiger partial charge in [-0.05, 0) is 63.4 Å². The Kier molecular flexibility index (Phi) is 3.25. The highest BCUT2D eigenvalue weighted by molar-refractivity contribution is 6.26. The molecule has 1 aliphatic rings. The fourth-order valence-electron chi connectivity index (χ4n) is 6.07. The number of fused-ring (bicyclic) bond motifs is 9. The number of benzene rings is 4. The zero-order valence-corrected chi connectivity index (χ0v) is 18.9. The Balaban J connectivity index is 1.50. The summed E-state index contributed by atoms with van der Waals surface area (Å²) in [6.07, 6.45) is 3.67. The molecule has 4 heterocycles. The molecule has 0 N–H and O–H groups in total. The summed E-state index contributed by atoms with van der Waals surface area (Å²) >= 11 is 0. The Labute approximate surface area is 204 Å². The second-order valence-electron chi connectivity index (χ2n) is 9.39. The van der Waals surface area contributed by atoms with E-state index in [-0.39, 0.29) is 0 Å². The minimum Gasteiger partial charge on any atom is -0.456 e. The lowest BCUT2D eigenvalue weighted by molar-refractivity contribution is 0.640. The minimum atomic E-state index is 0.596. The van der Waals surface area contributed by atoms with Crippen LogP contribution < -0.4 is 0 Å². The molecule has 0 atom stereocenters. The van der Waals surface area contributed by atoms with Crippen LogP contribution in [0.15, 0.2) is 106 Å². The third kappa shape index (κ3) is 2.19. The Morgan fingerprint density at radius 1 is 0.528 bits per heavy atom. The van der Waals surface area contributed by atoms with Crippen molar-refractivity contribution < 1.29 is 8.83 Å². The number of para-hydroxylation sites is 1. The standard InChI is InChI=1S/C32H16N2O2/c1-2-12-25-21(8-1)30-26(35-25)15-23-19-9-3-6-17-7-4-10-22(27(17)19)29(23)28(30)18-14-24-20-11-5-13-33-31(20)36-32(24)34-16-18/h1-16H. The lowest BCUT2D eigenvalue weighted by Gasteiger charge is -2.12. The van der Waals surface area contributed by atoms with Crippen molar-refractivity contribution in [1.29, 1.82) is 0 Å². The van der Waals surface area contributed by atoms with Crippen LogP contribution in [0.1, 0.15) is 0 Å². The number of hydrogen-bond acceptors (Lipinski definition) is 4. The minimum absolute atomic E-state index is 0.596. The van der Waals surface area contributed by atoms with E-state index in [0.717, 1.165) is 43.8 Å². The third-order valence-electron chi connectivity index (χ3n) is 7.53. The Bertz CT molecular complexity index is 2210. The van der Waals surface area contributed by atoms with Gasteiger partial charge in [-0.1, -0.05) is 54.6 Å². The molecule has 9 rings (SSSR count). The van der Waals surface area contributed by atoms with Crippen LogP contribution in [-0.2, 0) is 0 Å². The van der Waals surface area contributed by atoms with Crippen LogP contribution in [0.3, 0.4) is 0 Å². The van der Waals surface area contributed by atoms with E-state index in [1.54, 1.807) is 6.20 Å². The van der Waals surface area contributed by atoms with E-state index in [4.69, 9.17) is 13.8 Å². The fraction of sp³-hybridized carbons (Fsp3) is 0. The summed E-state index contributed by atoms with van der Waals surface area (Å²) in [6.45, 7) is 0. The van der Waals surface area contributed by atoms with Crippen molar-refractivity contribution in [2.75, 3.05) is 0 Å². The first kappa shape index (κ1) is 18.4. The Morgan fingerprint density at radius 3 is 2.31 bits per heavy atom. The number of aromatic nitrogens is 2. The highest BCUT2D eigenvalue weighted by Gasteiger charge is 2.28. The Hall–Kier alpha value is -4.96. The van der Waals surface area contributed by atoms with Crippen LogP contribution in [0.2, 0.25) is 0 Å². The number of pyridine rings is 2. The van der Waals surface area contributed by atoms with Gasteiger partial charge in [-0.3, -0.25) is 0 Å². The summed E-state index contributed by atoms with van der Waals surface area (Å²) in [4.78, 5) is 9.14. The van der Waals surface area contributed by atoms with Gasteiger partial charge in [-0.25, -0.2) is 9.97 Å². The molecule has 36 heavy (non-hydrogen) atoms. The molecule has 4 aromatic carbocycles. The molecule has 8 aromatic rings. The van der Waals surface area contributed by atoms with Gasteiger partial charge in [-0.2, -0.15) is 0 Å². The number of hydrogen-bond donors (Lipinski definition) is 0. The van der Waals surface area contributed by atoms with Gasteiger partial charge in [0.2, 0.25) is 11.4 Å². The van der Waals surface area contributed by atoms with Crippen LogP contribution in [0.25, 0.3) is 88.3 Å². The summed E-state index contributed by atoms with van der Waals surface area (Å²) in [6, 6.07) is 29.7. The predicted molar refractivity (Wildman–Crippen MR) is 144 cm³/mol. The summed E-state index contributed by atoms with van der Waals surface area (Å²) < 4.78 is 12.4. The van der Waals surface area contributed by atoms with E-state index in [9.17, 15) is 0 Å². The topological polar surface area (TPSA) is 52.1 Å². The van der Waals surface area contributed by atoms with Crippen molar-refractivity contribution in [3.8, 4) is 33.4 Å². The first-order chi connectivity index (χ1) is 17.8. The highest BCUT2D eigenvalue weighted by Crippen LogP contribution is 2.54. The van der Waals surface area contributed by atoms with Crippen molar-refractivity contribution in [2.45, 2.75) is 0 Å². The SMILES string of the molecule is c1cc2c3c(cccc3c1)-c1c-2cc2oc3ccccc3c2c1-c1cnc2oc3ncccc3c2c1. The maximum atomic E-state index is 6.43. The molecular weight excluding hydrogens is 444 g/mol. The zero-order chi connectivity index (χ0) is 23.4. The second-order valence-corrected chi connectivity index (χ2v) is 9.39. The van der Waals surface area contributed by atoms with E-state index in [0.29, 0.717) is 11.4 Å². The summed E-state index contributed by atoms with van der Waals surface area (Å²) in [7, 11) is 0. The van der Waals surface area contributed by atoms with Gasteiger partial charge >= 0.3 is 0 Å². The monoisotopic (exact) mass is 460 g/mol. The highest BCUT2D eigenvalue weighted by atomic mass is 16.3. The largest absolute Gasteiger partial charge is 0.456 e. The quantitative estimate of drug-likeness (QED) is 0.246. The van der Waals surface area contributed by atoms with Crippen molar-refractivity contribution in [1.82, 2.24) is 9.97 Å². The molecule has 1 aliphatic carbocycles. The van der Waals surface area contributed by atoms with Gasteiger partial charge in [-0.15, -0.1) is 0 Å². The van der Waals surface area contributed by atoms with Gasteiger partial charge in [0.05, 0.1) is 5.39 Å². The van der Waals surface area contributed by atoms with E-state index >= 15 is 0 Å². The molecule has 0 saturated carbocycles. The van der Waals surface area contributed by atoms with E-state index in [2.05, 4.69) is 65.6 Å². The number of nitrogens with zero attached hydrogens (tertiary/aromatic N) is 2. The average Bonchev–Trinajstić information content (AvgIpc) is 3.58. The maximum absolute atomic E-state index is 6.43. The molecule has 4 heteroatoms. The molecule has 4 aromatic heterocycles. The van der Waals surface area contributed by atoms with Crippen molar-refractivity contribution in [2.24, 2.45) is 0 Å². The Morgan fingerprint density at radius 2 is 1.36 bits per heavy atom. The van der Waals surface area contributed by atoms with Gasteiger partial charge in [0.15, 0.2) is 0 Å². The first-order valence-corrected chi connectivity index (χ1v) is 12.0. The van der Waals surface area contributed by atoms with Crippen molar-refractivity contribution >= 4 is 54.9 Å². The predicted octanol–water partition coefficient (Wildman–Crippen LogP) is 8.74. The lowest BCUT2D eigenvalue weighted by atomic mass is 9.89. The molecule has 0 bridgehead atoms. The van der Waals surface area contributed by atoms with Gasteiger partial charge in [0.25, 0.3) is 0 Å². The molecule has 0 amide bonds. The van der Waals surface area contributed by atoms with Gasteiger partial charge in [0.1, 0.15) is 11.2 Å². The van der Waals surface area contributed by atoms with Crippen LogP contribution in [0, 0.1) is 0 Å². The molecule has 0 unspecified atom stereocenters. The van der Waals surface area contributed by atoms with E-state index in [1.165, 1.54) is 33.0 Å². The molecule has 0 spiro atoms. The van der Waals surface area contributed by atoms with Crippen molar-refractivity contribution in [3.63, 3.8) is 0 Å². The number of furan rings is 2. The third-order valence-corrected chi connectivity index (χ3v) is 7.53. The molecule has 0 fully saturated rings. The average molecular weight is 460 g/mol. The molecule has 4 nitrogen and oxygen atoms in total. The molecular formula is C32H16N2O2. The lowest BCUT2D eigenvalue weighted by Crippen LogP contribution is -1.88. The second kappa shape index (κ2) is 6.37. The van der Waals surface area contributed by atoms with Gasteiger partial charge in [0, 0.05) is 39.7 Å². The molecule has 0 radical (unpaired) electrons. The maximum Gasteiger partial charge on any atom is 0.229 e. The molecule has 166 valence electrons. The summed E-state index contributed by atoms with van der Waals surface area (Å²) in [5.74, 6) is 0. The van der Waals surface area contributed by atoms with Crippen LogP contribution >= 0.6 is 0 Å². The number of rotatable bonds is 1. The van der Waals surface area contributed by atoms with Crippen LogP contribution in [0.4, 0.5) is 0 Å². The van der Waals surface area contributed by atoms with Crippen molar-refractivity contribution in [3.05, 3.63) is 97.3 Å². The van der Waals surface area contributed by atoms with E-state index in [1.807, 2.05) is 30.5 Å². The van der Waals surface area contributed by atoms with Crippen LogP contribution in [-0.4, -0.2) is 9.97 Å². The molecule has 0 saturated heterocycles. The molecule has 0 aliphatic heterocycles. The fourth-order valence-corrected chi connectivity index (χ4v) is 6.07.